The van der Waals surface area contributed by atoms with Gasteiger partial charge in [-0.15, -0.1) is 0 Å². The van der Waals surface area contributed by atoms with Crippen LogP contribution >= 0.6 is 0 Å². The lowest BCUT2D eigenvalue weighted by Gasteiger charge is -2.15. The van der Waals surface area contributed by atoms with Gasteiger partial charge in [-0.25, -0.2) is 4.79 Å². The van der Waals surface area contributed by atoms with E-state index in [-0.39, 0.29) is 12.6 Å². The average Bonchev–Trinajstić information content (AvgIpc) is 3.24. The molecule has 1 atom stereocenters. The third-order valence-corrected chi connectivity index (χ3v) is 6.38. The van der Waals surface area contributed by atoms with Gasteiger partial charge in [0.15, 0.2) is 0 Å². The molecule has 1 heterocycles. The van der Waals surface area contributed by atoms with Crippen molar-refractivity contribution in [2.75, 3.05) is 20.3 Å². The SMILES string of the molecule is C=C(C)C(=O)OCCCCC(O)COc1ccc2cc(-c3ccccc3OC)n(CCCC(C)C)c2c1. The van der Waals surface area contributed by atoms with Gasteiger partial charge in [-0.05, 0) is 75.3 Å². The monoisotopic (exact) mass is 507 g/mol. The number of aromatic nitrogens is 1. The molecule has 0 aliphatic rings. The normalized spacial score (nSPS) is 12.1. The molecule has 0 aliphatic heterocycles. The Labute approximate surface area is 220 Å². The van der Waals surface area contributed by atoms with E-state index in [4.69, 9.17) is 14.2 Å². The summed E-state index contributed by atoms with van der Waals surface area (Å²) in [5, 5.41) is 11.5. The van der Waals surface area contributed by atoms with Crippen molar-refractivity contribution in [1.29, 1.82) is 0 Å². The summed E-state index contributed by atoms with van der Waals surface area (Å²) >= 11 is 0. The van der Waals surface area contributed by atoms with Crippen LogP contribution in [0.4, 0.5) is 0 Å². The van der Waals surface area contributed by atoms with Crippen molar-refractivity contribution in [3.63, 3.8) is 0 Å². The van der Waals surface area contributed by atoms with Gasteiger partial charge >= 0.3 is 5.97 Å². The molecule has 3 rings (SSSR count). The number of unbranched alkanes of at least 4 members (excludes halogenated alkanes) is 1. The summed E-state index contributed by atoms with van der Waals surface area (Å²) in [6.45, 7) is 11.1. The minimum atomic E-state index is -0.588. The molecule has 3 aromatic rings. The molecule has 0 fully saturated rings. The van der Waals surface area contributed by atoms with Crippen molar-refractivity contribution >= 4 is 16.9 Å². The van der Waals surface area contributed by atoms with Crippen LogP contribution in [0.3, 0.4) is 0 Å². The summed E-state index contributed by atoms with van der Waals surface area (Å²) in [6, 6.07) is 16.4. The van der Waals surface area contributed by atoms with E-state index in [1.54, 1.807) is 14.0 Å². The number of hydrogen-bond donors (Lipinski definition) is 1. The second-order valence-corrected chi connectivity index (χ2v) is 10.0. The summed E-state index contributed by atoms with van der Waals surface area (Å²) in [5.74, 6) is 1.86. The van der Waals surface area contributed by atoms with E-state index in [9.17, 15) is 9.90 Å². The Morgan fingerprint density at radius 2 is 1.84 bits per heavy atom. The number of aliphatic hydroxyl groups is 1. The van der Waals surface area contributed by atoms with Gasteiger partial charge in [0.25, 0.3) is 0 Å². The quantitative estimate of drug-likeness (QED) is 0.139. The van der Waals surface area contributed by atoms with Crippen LogP contribution in [0.25, 0.3) is 22.2 Å². The number of esters is 1. The van der Waals surface area contributed by atoms with E-state index in [2.05, 4.69) is 49.3 Å². The van der Waals surface area contributed by atoms with Gasteiger partial charge in [-0.3, -0.25) is 0 Å². The Morgan fingerprint density at radius 1 is 1.05 bits per heavy atom. The van der Waals surface area contributed by atoms with Crippen LogP contribution in [-0.2, 0) is 16.1 Å². The van der Waals surface area contributed by atoms with Crippen LogP contribution in [0.5, 0.6) is 11.5 Å². The lowest BCUT2D eigenvalue weighted by molar-refractivity contribution is -0.139. The number of ether oxygens (including phenoxy) is 3. The molecule has 6 heteroatoms. The van der Waals surface area contributed by atoms with Crippen molar-refractivity contribution < 1.29 is 24.1 Å². The molecule has 1 N–H and O–H groups in total. The molecule has 0 radical (unpaired) electrons. The van der Waals surface area contributed by atoms with Gasteiger partial charge in [0.05, 0.1) is 31.0 Å². The van der Waals surface area contributed by atoms with Crippen LogP contribution in [0.1, 0.15) is 52.9 Å². The van der Waals surface area contributed by atoms with E-state index < -0.39 is 6.10 Å². The molecular formula is C31H41NO5. The predicted octanol–water partition coefficient (Wildman–Crippen LogP) is 6.78. The van der Waals surface area contributed by atoms with Crippen LogP contribution in [0, 0.1) is 5.92 Å². The Kier molecular flexibility index (Phi) is 10.6. The van der Waals surface area contributed by atoms with Crippen LogP contribution in [0.2, 0.25) is 0 Å². The van der Waals surface area contributed by atoms with Crippen molar-refractivity contribution in [3.8, 4) is 22.8 Å². The fourth-order valence-corrected chi connectivity index (χ4v) is 4.35. The zero-order chi connectivity index (χ0) is 26.8. The summed E-state index contributed by atoms with van der Waals surface area (Å²) in [5.41, 5.74) is 3.70. The Balaban J connectivity index is 1.69. The highest BCUT2D eigenvalue weighted by Crippen LogP contribution is 2.36. The summed E-state index contributed by atoms with van der Waals surface area (Å²) in [4.78, 5) is 11.4. The molecule has 6 nitrogen and oxygen atoms in total. The fraction of sp³-hybridized carbons (Fsp3) is 0.452. The van der Waals surface area contributed by atoms with Crippen molar-refractivity contribution in [3.05, 3.63) is 60.7 Å². The number of methoxy groups -OCH3 is 1. The first-order valence-electron chi connectivity index (χ1n) is 13.2. The van der Waals surface area contributed by atoms with Gasteiger partial charge in [0, 0.05) is 29.1 Å². The fourth-order valence-electron chi connectivity index (χ4n) is 4.35. The van der Waals surface area contributed by atoms with Gasteiger partial charge in [0.2, 0.25) is 0 Å². The lowest BCUT2D eigenvalue weighted by Crippen LogP contribution is -2.17. The van der Waals surface area contributed by atoms with Crippen LogP contribution in [0.15, 0.2) is 60.7 Å². The van der Waals surface area contributed by atoms with Gasteiger partial charge < -0.3 is 23.9 Å². The third kappa shape index (κ3) is 8.12. The average molecular weight is 508 g/mol. The van der Waals surface area contributed by atoms with E-state index in [0.717, 1.165) is 59.5 Å². The minimum Gasteiger partial charge on any atom is -0.496 e. The lowest BCUT2D eigenvalue weighted by atomic mass is 10.1. The van der Waals surface area contributed by atoms with Gasteiger partial charge in [0.1, 0.15) is 18.1 Å². The van der Waals surface area contributed by atoms with Crippen molar-refractivity contribution in [2.24, 2.45) is 5.92 Å². The largest absolute Gasteiger partial charge is 0.496 e. The molecule has 0 aliphatic carbocycles. The van der Waals surface area contributed by atoms with Gasteiger partial charge in [-0.1, -0.05) is 32.6 Å². The first-order valence-corrected chi connectivity index (χ1v) is 13.2. The first kappa shape index (κ1) is 28.3. The second kappa shape index (κ2) is 13.9. The maximum absolute atomic E-state index is 11.4. The molecule has 0 bridgehead atoms. The molecule has 0 saturated heterocycles. The molecule has 200 valence electrons. The molecule has 0 spiro atoms. The molecule has 1 aromatic heterocycles. The molecule has 0 saturated carbocycles. The number of hydrogen-bond acceptors (Lipinski definition) is 5. The number of fused-ring (bicyclic) bond motifs is 1. The molecule has 2 aromatic carbocycles. The zero-order valence-electron chi connectivity index (χ0n) is 22.7. The number of rotatable bonds is 15. The maximum atomic E-state index is 11.4. The smallest absolute Gasteiger partial charge is 0.333 e. The standard InChI is InChI=1S/C31H41NO5/c1-22(2)11-10-17-32-28-20-26(37-21-25(33)12-8-9-18-36-31(34)23(3)4)16-15-24(28)19-29(32)27-13-6-7-14-30(27)35-5/h6-7,13-16,19-20,22,25,33H,3,8-12,17-18,21H2,1-2,4-5H3. The van der Waals surface area contributed by atoms with Gasteiger partial charge in [-0.2, -0.15) is 0 Å². The molecular weight excluding hydrogens is 466 g/mol. The van der Waals surface area contributed by atoms with E-state index in [0.29, 0.717) is 30.9 Å². The van der Waals surface area contributed by atoms with Crippen molar-refractivity contribution in [2.45, 2.75) is 65.5 Å². The maximum Gasteiger partial charge on any atom is 0.333 e. The minimum absolute atomic E-state index is 0.213. The van der Waals surface area contributed by atoms with E-state index in [1.165, 1.54) is 0 Å². The first-order chi connectivity index (χ1) is 17.8. The number of carbonyl (C=O) groups is 1. The van der Waals surface area contributed by atoms with E-state index >= 15 is 0 Å². The summed E-state index contributed by atoms with van der Waals surface area (Å²) in [7, 11) is 1.70. The summed E-state index contributed by atoms with van der Waals surface area (Å²) in [6.07, 6.45) is 3.66. The second-order valence-electron chi connectivity index (χ2n) is 10.0. The number of benzene rings is 2. The molecule has 1 unspecified atom stereocenters. The third-order valence-electron chi connectivity index (χ3n) is 6.38. The number of aliphatic hydroxyl groups excluding tert-OH is 1. The highest BCUT2D eigenvalue weighted by Gasteiger charge is 2.15. The Morgan fingerprint density at radius 3 is 2.57 bits per heavy atom. The number of para-hydroxylation sites is 1. The van der Waals surface area contributed by atoms with Crippen molar-refractivity contribution in [1.82, 2.24) is 4.57 Å². The highest BCUT2D eigenvalue weighted by atomic mass is 16.5. The number of aryl methyl sites for hydroxylation is 1. The van der Waals surface area contributed by atoms with Crippen LogP contribution < -0.4 is 9.47 Å². The number of nitrogens with zero attached hydrogens (tertiary/aromatic N) is 1. The Bertz CT molecular complexity index is 1180. The van der Waals surface area contributed by atoms with E-state index in [1.807, 2.05) is 24.3 Å². The van der Waals surface area contributed by atoms with Crippen LogP contribution in [-0.4, -0.2) is 42.1 Å². The molecule has 0 amide bonds. The molecule has 37 heavy (non-hydrogen) atoms. The highest BCUT2D eigenvalue weighted by molar-refractivity contribution is 5.89. The predicted molar refractivity (Wildman–Crippen MR) is 149 cm³/mol. The zero-order valence-corrected chi connectivity index (χ0v) is 22.7. The number of carbonyl (C=O) groups excluding carboxylic acids is 1. The Hall–Kier alpha value is -3.25. The topological polar surface area (TPSA) is 69.9 Å². The summed E-state index contributed by atoms with van der Waals surface area (Å²) < 4.78 is 19.1.